The Kier molecular flexibility index (Phi) is 6.53. The molecule has 0 bridgehead atoms. The molecule has 12 nitrogen and oxygen atoms in total. The van der Waals surface area contributed by atoms with Gasteiger partial charge in [0, 0.05) is 36.4 Å². The van der Waals surface area contributed by atoms with Crippen LogP contribution in [0.1, 0.15) is 29.4 Å². The van der Waals surface area contributed by atoms with Gasteiger partial charge >= 0.3 is 0 Å². The molecule has 3 heterocycles. The van der Waals surface area contributed by atoms with Crippen LogP contribution in [0.3, 0.4) is 0 Å². The molecule has 1 saturated heterocycles. The fraction of sp³-hybridized carbons (Fsp3) is 0.375. The summed E-state index contributed by atoms with van der Waals surface area (Å²) in [6.45, 7) is 1.03. The van der Waals surface area contributed by atoms with Crippen LogP contribution in [0.25, 0.3) is 11.1 Å². The molecule has 2 fully saturated rings. The predicted octanol–water partition coefficient (Wildman–Crippen LogP) is 2.13. The highest BCUT2D eigenvalue weighted by Gasteiger charge is 2.31. The fourth-order valence-corrected chi connectivity index (χ4v) is 4.19. The molecule has 1 aliphatic carbocycles. The number of ether oxygens (including phenoxy) is 3. The minimum atomic E-state index is -0.757. The number of para-hydroxylation sites is 1. The normalized spacial score (nSPS) is 19.2. The molecule has 2 amide bonds. The average molecular weight is 494 g/mol. The number of hydrogen-bond acceptors (Lipinski definition) is 9. The van der Waals surface area contributed by atoms with E-state index >= 15 is 0 Å². The third kappa shape index (κ3) is 4.72. The molecule has 0 radical (unpaired) electrons. The number of nitrogens with two attached hydrogens (primary N) is 1. The zero-order valence-electron chi connectivity index (χ0n) is 19.9. The van der Waals surface area contributed by atoms with E-state index in [1.165, 1.54) is 6.07 Å². The molecule has 4 N–H and O–H groups in total. The summed E-state index contributed by atoms with van der Waals surface area (Å²) in [5.74, 6) is -0.136. The van der Waals surface area contributed by atoms with Crippen LogP contribution in [0.5, 0.6) is 5.75 Å². The van der Waals surface area contributed by atoms with Crippen molar-refractivity contribution in [3.8, 4) is 16.9 Å². The van der Waals surface area contributed by atoms with Gasteiger partial charge in [-0.3, -0.25) is 14.3 Å². The zero-order chi connectivity index (χ0) is 25.2. The molecule has 2 aliphatic rings. The second-order valence-corrected chi connectivity index (χ2v) is 8.72. The van der Waals surface area contributed by atoms with Gasteiger partial charge in [-0.25, -0.2) is 0 Å². The summed E-state index contributed by atoms with van der Waals surface area (Å²) < 4.78 is 18.6. The number of benzene rings is 1. The van der Waals surface area contributed by atoms with E-state index in [1.807, 2.05) is 23.0 Å². The van der Waals surface area contributed by atoms with Gasteiger partial charge in [0.2, 0.25) is 5.91 Å². The summed E-state index contributed by atoms with van der Waals surface area (Å²) >= 11 is 0. The largest absolute Gasteiger partial charge is 0.494 e. The zero-order valence-corrected chi connectivity index (χ0v) is 19.9. The Morgan fingerprint density at radius 2 is 2.00 bits per heavy atom. The number of aromatic nitrogens is 4. The van der Waals surface area contributed by atoms with E-state index in [1.54, 1.807) is 26.5 Å². The molecule has 1 saturated carbocycles. The van der Waals surface area contributed by atoms with E-state index in [2.05, 4.69) is 25.9 Å². The van der Waals surface area contributed by atoms with E-state index in [0.717, 1.165) is 24.0 Å². The van der Waals surface area contributed by atoms with Crippen LogP contribution >= 0.6 is 0 Å². The SMILES string of the molecule is COc1c(Nc2cc(NC(=O)C3CC3)nnc2C(N)=O)cccc1-c1cnn([C@H]2COC[C@H]2OC)c1. The smallest absolute Gasteiger partial charge is 0.271 e. The second-order valence-electron chi connectivity index (χ2n) is 8.72. The molecule has 1 aliphatic heterocycles. The number of carbonyl (C=O) groups is 2. The third-order valence-electron chi connectivity index (χ3n) is 6.27. The Labute approximate surface area is 207 Å². The van der Waals surface area contributed by atoms with Crippen LogP contribution < -0.4 is 21.1 Å². The first kappa shape index (κ1) is 23.7. The Morgan fingerprint density at radius 1 is 1.17 bits per heavy atom. The summed E-state index contributed by atoms with van der Waals surface area (Å²) in [5, 5.41) is 18.3. The van der Waals surface area contributed by atoms with Crippen molar-refractivity contribution in [2.75, 3.05) is 38.1 Å². The molecule has 3 aromatic rings. The summed E-state index contributed by atoms with van der Waals surface area (Å²) in [5.41, 5.74) is 7.93. The van der Waals surface area contributed by atoms with Gasteiger partial charge in [0.1, 0.15) is 17.9 Å². The van der Waals surface area contributed by atoms with Crippen LogP contribution in [0.15, 0.2) is 36.7 Å². The van der Waals surface area contributed by atoms with Crippen LogP contribution in [-0.2, 0) is 14.3 Å². The highest BCUT2D eigenvalue weighted by Crippen LogP contribution is 2.39. The van der Waals surface area contributed by atoms with E-state index in [0.29, 0.717) is 30.3 Å². The van der Waals surface area contributed by atoms with E-state index in [9.17, 15) is 9.59 Å². The quantitative estimate of drug-likeness (QED) is 0.406. The lowest BCUT2D eigenvalue weighted by atomic mass is 10.1. The number of anilines is 3. The number of carbonyl (C=O) groups excluding carboxylic acids is 2. The van der Waals surface area contributed by atoms with Crippen molar-refractivity contribution in [3.63, 3.8) is 0 Å². The molecule has 5 rings (SSSR count). The summed E-state index contributed by atoms with van der Waals surface area (Å²) in [4.78, 5) is 24.2. The Balaban J connectivity index is 1.45. The minimum Gasteiger partial charge on any atom is -0.494 e. The van der Waals surface area contributed by atoms with Crippen LogP contribution in [0.4, 0.5) is 17.2 Å². The van der Waals surface area contributed by atoms with E-state index in [-0.39, 0.29) is 35.5 Å². The standard InChI is InChI=1S/C24H27N7O5/c1-34-19-12-36-11-18(19)31-10-14(9-26-31)15-4-3-5-16(22(15)35-2)27-17-8-20(28-24(33)13-6-7-13)29-30-21(17)23(25)32/h3-5,8-10,13,18-19H,6-7,11-12H2,1-2H3,(H2,25,32)(H2,27,28,29,33)/t18-,19+/m0/s1. The predicted molar refractivity (Wildman–Crippen MR) is 130 cm³/mol. The number of nitrogens with one attached hydrogen (secondary N) is 2. The topological polar surface area (TPSA) is 156 Å². The van der Waals surface area contributed by atoms with Crippen molar-refractivity contribution in [3.05, 3.63) is 42.4 Å². The molecule has 36 heavy (non-hydrogen) atoms. The maximum atomic E-state index is 12.2. The maximum Gasteiger partial charge on any atom is 0.271 e. The first-order valence-corrected chi connectivity index (χ1v) is 11.6. The number of amides is 2. The van der Waals surface area contributed by atoms with Crippen molar-refractivity contribution in [1.82, 2.24) is 20.0 Å². The Bertz CT molecular complexity index is 1290. The molecule has 0 unspecified atom stereocenters. The van der Waals surface area contributed by atoms with E-state index in [4.69, 9.17) is 19.9 Å². The molecule has 12 heteroatoms. The van der Waals surface area contributed by atoms with Crippen molar-refractivity contribution in [2.24, 2.45) is 11.7 Å². The van der Waals surface area contributed by atoms with Gasteiger partial charge in [-0.15, -0.1) is 10.2 Å². The number of nitrogens with zero attached hydrogens (tertiary/aromatic N) is 4. The van der Waals surface area contributed by atoms with Gasteiger partial charge in [-0.05, 0) is 18.9 Å². The lowest BCUT2D eigenvalue weighted by molar-refractivity contribution is -0.117. The molecule has 2 atom stereocenters. The molecular formula is C24H27N7O5. The number of primary amides is 1. The number of hydrogen-bond donors (Lipinski definition) is 3. The Hall–Kier alpha value is -4.03. The molecular weight excluding hydrogens is 466 g/mol. The van der Waals surface area contributed by atoms with Crippen molar-refractivity contribution in [1.29, 1.82) is 0 Å². The van der Waals surface area contributed by atoms with Crippen LogP contribution in [0.2, 0.25) is 0 Å². The lowest BCUT2D eigenvalue weighted by Crippen LogP contribution is -2.24. The summed E-state index contributed by atoms with van der Waals surface area (Å²) in [6.07, 6.45) is 5.30. The van der Waals surface area contributed by atoms with Crippen LogP contribution in [-0.4, -0.2) is 65.3 Å². The fourth-order valence-electron chi connectivity index (χ4n) is 4.19. The van der Waals surface area contributed by atoms with Gasteiger partial charge in [-0.1, -0.05) is 12.1 Å². The first-order chi connectivity index (χ1) is 17.5. The highest BCUT2D eigenvalue weighted by molar-refractivity contribution is 5.99. The third-order valence-corrected chi connectivity index (χ3v) is 6.27. The van der Waals surface area contributed by atoms with Crippen LogP contribution in [0, 0.1) is 5.92 Å². The number of rotatable bonds is 9. The van der Waals surface area contributed by atoms with Crippen molar-refractivity contribution < 1.29 is 23.8 Å². The maximum absolute atomic E-state index is 12.2. The molecule has 0 spiro atoms. The van der Waals surface area contributed by atoms with Gasteiger partial charge < -0.3 is 30.6 Å². The highest BCUT2D eigenvalue weighted by atomic mass is 16.5. The molecule has 1 aromatic carbocycles. The van der Waals surface area contributed by atoms with E-state index < -0.39 is 5.91 Å². The van der Waals surface area contributed by atoms with Crippen molar-refractivity contribution in [2.45, 2.75) is 25.0 Å². The first-order valence-electron chi connectivity index (χ1n) is 11.6. The average Bonchev–Trinajstić information content (AvgIpc) is 3.42. The molecule has 2 aromatic heterocycles. The van der Waals surface area contributed by atoms with Crippen molar-refractivity contribution >= 4 is 29.0 Å². The van der Waals surface area contributed by atoms with Gasteiger partial charge in [0.25, 0.3) is 5.91 Å². The van der Waals surface area contributed by atoms with Gasteiger partial charge in [0.15, 0.2) is 11.5 Å². The summed E-state index contributed by atoms with van der Waals surface area (Å²) in [7, 11) is 3.22. The van der Waals surface area contributed by atoms with Gasteiger partial charge in [0.05, 0.1) is 37.9 Å². The lowest BCUT2D eigenvalue weighted by Gasteiger charge is -2.17. The monoisotopic (exact) mass is 493 g/mol. The number of methoxy groups -OCH3 is 2. The summed E-state index contributed by atoms with van der Waals surface area (Å²) in [6, 6.07) is 7.06. The minimum absolute atomic E-state index is 0.00770. The Morgan fingerprint density at radius 3 is 2.72 bits per heavy atom. The van der Waals surface area contributed by atoms with Gasteiger partial charge in [-0.2, -0.15) is 5.10 Å². The second kappa shape index (κ2) is 9.91. The molecule has 188 valence electrons.